The van der Waals surface area contributed by atoms with Gasteiger partial charge in [-0.2, -0.15) is 0 Å². The summed E-state index contributed by atoms with van der Waals surface area (Å²) in [4.78, 5) is 15.9. The van der Waals surface area contributed by atoms with Crippen molar-refractivity contribution in [2.75, 3.05) is 0 Å². The van der Waals surface area contributed by atoms with Crippen molar-refractivity contribution in [2.45, 2.75) is 5.41 Å². The fourth-order valence-corrected chi connectivity index (χ4v) is 9.89. The molecule has 0 bridgehead atoms. The van der Waals surface area contributed by atoms with E-state index in [4.69, 9.17) is 15.0 Å². The molecule has 0 saturated heterocycles. The molecule has 61 heavy (non-hydrogen) atoms. The fourth-order valence-electron chi connectivity index (χ4n) is 9.89. The molecule has 1 aromatic heterocycles. The van der Waals surface area contributed by atoms with E-state index >= 15 is 0 Å². The van der Waals surface area contributed by atoms with Crippen LogP contribution in [0.4, 0.5) is 0 Å². The van der Waals surface area contributed by atoms with Crippen LogP contribution in [0.1, 0.15) is 22.3 Å². The normalized spacial score (nSPS) is 12.7. The third-order valence-corrected chi connectivity index (χ3v) is 12.5. The molecule has 2 aliphatic carbocycles. The van der Waals surface area contributed by atoms with Gasteiger partial charge in [0, 0.05) is 16.7 Å². The van der Waals surface area contributed by atoms with E-state index in [1.54, 1.807) is 0 Å². The first-order valence-electron chi connectivity index (χ1n) is 20.9. The van der Waals surface area contributed by atoms with Crippen LogP contribution in [0.5, 0.6) is 0 Å². The summed E-state index contributed by atoms with van der Waals surface area (Å²) in [7, 11) is 0. The molecular formula is C58H37N3. The van der Waals surface area contributed by atoms with Gasteiger partial charge >= 0.3 is 0 Å². The smallest absolute Gasteiger partial charge is 0.164 e. The monoisotopic (exact) mass is 775 g/mol. The Hall–Kier alpha value is -8.01. The molecule has 1 heterocycles. The molecule has 9 aromatic carbocycles. The highest BCUT2D eigenvalue weighted by molar-refractivity contribution is 5.98. The lowest BCUT2D eigenvalue weighted by molar-refractivity contribution is 0.775. The lowest BCUT2D eigenvalue weighted by atomic mass is 9.66. The van der Waals surface area contributed by atoms with E-state index in [9.17, 15) is 0 Å². The fraction of sp³-hybridized carbons (Fsp3) is 0.0172. The van der Waals surface area contributed by atoms with Gasteiger partial charge in [-0.3, -0.25) is 0 Å². The van der Waals surface area contributed by atoms with Gasteiger partial charge in [0.2, 0.25) is 0 Å². The van der Waals surface area contributed by atoms with Crippen molar-refractivity contribution in [3.8, 4) is 89.8 Å². The van der Waals surface area contributed by atoms with Gasteiger partial charge < -0.3 is 0 Å². The van der Waals surface area contributed by atoms with Gasteiger partial charge in [0.25, 0.3) is 0 Å². The zero-order valence-electron chi connectivity index (χ0n) is 33.2. The summed E-state index contributed by atoms with van der Waals surface area (Å²) in [6.07, 6.45) is 0. The van der Waals surface area contributed by atoms with Crippen LogP contribution < -0.4 is 0 Å². The zero-order chi connectivity index (χ0) is 40.3. The molecular weight excluding hydrogens is 739 g/mol. The highest BCUT2D eigenvalue weighted by Gasteiger charge is 2.49. The second-order valence-corrected chi connectivity index (χ2v) is 15.9. The largest absolute Gasteiger partial charge is 0.208 e. The molecule has 0 N–H and O–H groups in total. The molecule has 3 nitrogen and oxygen atoms in total. The van der Waals surface area contributed by atoms with E-state index in [-0.39, 0.29) is 0 Å². The van der Waals surface area contributed by atoms with Gasteiger partial charge in [-0.05, 0) is 102 Å². The van der Waals surface area contributed by atoms with Crippen LogP contribution in [-0.4, -0.2) is 15.0 Å². The molecule has 284 valence electrons. The summed E-state index contributed by atoms with van der Waals surface area (Å²) in [5.41, 5.74) is 19.2. The molecule has 0 amide bonds. The van der Waals surface area contributed by atoms with Crippen molar-refractivity contribution >= 4 is 0 Å². The first kappa shape index (κ1) is 35.0. The summed E-state index contributed by atoms with van der Waals surface area (Å²) < 4.78 is 0. The Morgan fingerprint density at radius 3 is 1.07 bits per heavy atom. The standard InChI is InChI=1S/C58H37N3/c1-4-18-38(19-5-1)42-34-43(39-20-6-2-7-21-39)36-44(35-42)57-60-55(40-22-8-3-9-23-40)59-56(61-57)41-32-33-54-50(37-41)46-25-11-10-24-45(46)47-26-12-15-29-51(47)58(54)52-30-16-13-27-48(52)49-28-14-17-31-53(49)58/h1-37H. The highest BCUT2D eigenvalue weighted by Crippen LogP contribution is 2.61. The van der Waals surface area contributed by atoms with Gasteiger partial charge in [-0.15, -0.1) is 0 Å². The molecule has 10 aromatic rings. The van der Waals surface area contributed by atoms with E-state index in [2.05, 4.69) is 206 Å². The van der Waals surface area contributed by atoms with E-state index in [0.717, 1.165) is 44.5 Å². The van der Waals surface area contributed by atoms with Crippen LogP contribution in [0.25, 0.3) is 89.8 Å². The van der Waals surface area contributed by atoms with Gasteiger partial charge in [-0.1, -0.05) is 200 Å². The van der Waals surface area contributed by atoms with Crippen molar-refractivity contribution in [1.29, 1.82) is 0 Å². The molecule has 0 aliphatic heterocycles. The van der Waals surface area contributed by atoms with E-state index < -0.39 is 5.41 Å². The second-order valence-electron chi connectivity index (χ2n) is 15.9. The molecule has 0 fully saturated rings. The van der Waals surface area contributed by atoms with Crippen molar-refractivity contribution in [1.82, 2.24) is 15.0 Å². The number of hydrogen-bond acceptors (Lipinski definition) is 3. The number of hydrogen-bond donors (Lipinski definition) is 0. The van der Waals surface area contributed by atoms with Gasteiger partial charge in [-0.25, -0.2) is 15.0 Å². The Labute approximate surface area is 355 Å². The third kappa shape index (κ3) is 5.55. The minimum absolute atomic E-state index is 0.554. The topological polar surface area (TPSA) is 38.7 Å². The molecule has 0 unspecified atom stereocenters. The SMILES string of the molecule is c1ccc(-c2cc(-c3ccccc3)cc(-c3nc(-c4ccccc4)nc(-c4ccc5c(c4)-c4ccccc4-c4ccccc4C54c5ccccc5-c5ccccc54)n3)c2)cc1. The third-order valence-electron chi connectivity index (χ3n) is 12.5. The predicted molar refractivity (Wildman–Crippen MR) is 249 cm³/mol. The number of fused-ring (bicyclic) bond motifs is 12. The van der Waals surface area contributed by atoms with Crippen LogP contribution in [0.3, 0.4) is 0 Å². The summed E-state index contributed by atoms with van der Waals surface area (Å²) in [6.45, 7) is 0. The highest BCUT2D eigenvalue weighted by atomic mass is 15.0. The zero-order valence-corrected chi connectivity index (χ0v) is 33.2. The van der Waals surface area contributed by atoms with Crippen LogP contribution in [-0.2, 0) is 5.41 Å². The molecule has 0 saturated carbocycles. The lowest BCUT2D eigenvalue weighted by Crippen LogP contribution is -2.29. The minimum Gasteiger partial charge on any atom is -0.208 e. The van der Waals surface area contributed by atoms with Crippen LogP contribution >= 0.6 is 0 Å². The Balaban J connectivity index is 1.12. The molecule has 1 spiro atoms. The molecule has 12 rings (SSSR count). The number of nitrogens with zero attached hydrogens (tertiary/aromatic N) is 3. The van der Waals surface area contributed by atoms with Crippen molar-refractivity contribution in [3.63, 3.8) is 0 Å². The maximum atomic E-state index is 5.38. The average Bonchev–Trinajstić information content (AvgIpc) is 3.59. The maximum absolute atomic E-state index is 5.38. The quantitative estimate of drug-likeness (QED) is 0.175. The van der Waals surface area contributed by atoms with Gasteiger partial charge in [0.15, 0.2) is 17.5 Å². The summed E-state index contributed by atoms with van der Waals surface area (Å²) >= 11 is 0. The molecule has 0 atom stereocenters. The number of aromatic nitrogens is 3. The number of benzene rings is 9. The maximum Gasteiger partial charge on any atom is 0.164 e. The average molecular weight is 776 g/mol. The first-order chi connectivity index (χ1) is 30.2. The Bertz CT molecular complexity index is 3200. The lowest BCUT2D eigenvalue weighted by Gasteiger charge is -2.35. The van der Waals surface area contributed by atoms with E-state index in [0.29, 0.717) is 17.5 Å². The molecule has 3 heteroatoms. The Morgan fingerprint density at radius 1 is 0.213 bits per heavy atom. The van der Waals surface area contributed by atoms with Crippen LogP contribution in [0, 0.1) is 0 Å². The van der Waals surface area contributed by atoms with E-state index in [1.165, 1.54) is 50.1 Å². The van der Waals surface area contributed by atoms with E-state index in [1.807, 2.05) is 18.2 Å². The summed E-state index contributed by atoms with van der Waals surface area (Å²) in [6, 6.07) is 80.7. The van der Waals surface area contributed by atoms with Gasteiger partial charge in [0.1, 0.15) is 0 Å². The van der Waals surface area contributed by atoms with Crippen molar-refractivity contribution in [3.05, 3.63) is 247 Å². The summed E-state index contributed by atoms with van der Waals surface area (Å²) in [5, 5.41) is 0. The first-order valence-corrected chi connectivity index (χ1v) is 20.9. The Morgan fingerprint density at radius 2 is 0.557 bits per heavy atom. The van der Waals surface area contributed by atoms with Gasteiger partial charge in [0.05, 0.1) is 5.41 Å². The molecule has 2 aliphatic rings. The minimum atomic E-state index is -0.554. The second kappa shape index (κ2) is 14.1. The van der Waals surface area contributed by atoms with Crippen molar-refractivity contribution < 1.29 is 0 Å². The molecule has 0 radical (unpaired) electrons. The van der Waals surface area contributed by atoms with Crippen LogP contribution in [0.15, 0.2) is 224 Å². The predicted octanol–water partition coefficient (Wildman–Crippen LogP) is 14.2. The van der Waals surface area contributed by atoms with Crippen molar-refractivity contribution in [2.24, 2.45) is 0 Å². The Kier molecular flexibility index (Phi) is 8.07. The number of rotatable bonds is 5. The van der Waals surface area contributed by atoms with Crippen LogP contribution in [0.2, 0.25) is 0 Å². The summed E-state index contributed by atoms with van der Waals surface area (Å²) in [5.74, 6) is 1.88.